The van der Waals surface area contributed by atoms with Crippen LogP contribution in [0.5, 0.6) is 0 Å². The largest absolute Gasteiger partial charge is 0.478 e. The van der Waals surface area contributed by atoms with Gasteiger partial charge in [-0.05, 0) is 34.6 Å². The summed E-state index contributed by atoms with van der Waals surface area (Å²) < 4.78 is 13.9. The Morgan fingerprint density at radius 2 is 1.17 bits per heavy atom. The van der Waals surface area contributed by atoms with E-state index in [4.69, 9.17) is 9.84 Å². The molecule has 7 heteroatoms. The third-order valence-corrected chi connectivity index (χ3v) is 1.81. The van der Waals surface area contributed by atoms with Crippen LogP contribution in [0.3, 0.4) is 0 Å². The molecule has 0 spiro atoms. The van der Waals surface area contributed by atoms with Gasteiger partial charge in [0.25, 0.3) is 0 Å². The van der Waals surface area contributed by atoms with E-state index in [-0.39, 0.29) is 18.3 Å². The highest BCUT2D eigenvalue weighted by molar-refractivity contribution is 5.87. The second-order valence-electron chi connectivity index (χ2n) is 4.41. The van der Waals surface area contributed by atoms with E-state index in [0.29, 0.717) is 24.4 Å². The van der Waals surface area contributed by atoms with E-state index in [9.17, 15) is 14.4 Å². The highest BCUT2D eigenvalue weighted by Gasteiger charge is 2.00. The highest BCUT2D eigenvalue weighted by atomic mass is 16.7. The summed E-state index contributed by atoms with van der Waals surface area (Å²) in [5.41, 5.74) is 1.02. The summed E-state index contributed by atoms with van der Waals surface area (Å²) in [6, 6.07) is 0. The van der Waals surface area contributed by atoms with Crippen LogP contribution in [0.4, 0.5) is 0 Å². The Morgan fingerprint density at radius 3 is 1.38 bits per heavy atom. The zero-order chi connectivity index (χ0) is 19.7. The van der Waals surface area contributed by atoms with Gasteiger partial charge in [0, 0.05) is 23.3 Å². The number of carboxylic acid groups (broad SMARTS) is 1. The second kappa shape index (κ2) is 17.0. The zero-order valence-electron chi connectivity index (χ0n) is 15.1. The molecule has 138 valence electrons. The molecular weight excluding hydrogens is 316 g/mol. The third kappa shape index (κ3) is 21.9. The van der Waals surface area contributed by atoms with Gasteiger partial charge in [-0.2, -0.15) is 0 Å². The third-order valence-electron chi connectivity index (χ3n) is 1.81. The van der Waals surface area contributed by atoms with Crippen LogP contribution in [0.25, 0.3) is 0 Å². The molecule has 24 heavy (non-hydrogen) atoms. The quantitative estimate of drug-likeness (QED) is 0.328. The monoisotopic (exact) mass is 344 g/mol. The standard InChI is InChI=1S/C7H12O3.C6H10O2.C4H6O2/c1-4-9-5-10-7(8)6(2)3;1-4-8-6(7)5(2)3;1-3(2)4(5)6/h2,4-5H2,1,3H3;2,4H2,1,3H3;1H2,2H3,(H,5,6). The van der Waals surface area contributed by atoms with E-state index in [0.717, 1.165) is 0 Å². The lowest BCUT2D eigenvalue weighted by atomic mass is 10.4. The van der Waals surface area contributed by atoms with Crippen LogP contribution >= 0.6 is 0 Å². The Labute approximate surface area is 143 Å². The van der Waals surface area contributed by atoms with E-state index in [2.05, 4.69) is 29.2 Å². The SMILES string of the molecule is C=C(C)C(=O)O.C=C(C)C(=O)OCC.C=C(C)C(=O)OCOCC. The van der Waals surface area contributed by atoms with Crippen LogP contribution in [0, 0.1) is 0 Å². The van der Waals surface area contributed by atoms with E-state index in [1.165, 1.54) is 6.92 Å². The topological polar surface area (TPSA) is 99.1 Å². The van der Waals surface area contributed by atoms with Crippen molar-refractivity contribution in [2.75, 3.05) is 20.0 Å². The lowest BCUT2D eigenvalue weighted by molar-refractivity contribution is -0.151. The number of hydrogen-bond acceptors (Lipinski definition) is 6. The van der Waals surface area contributed by atoms with Crippen molar-refractivity contribution < 1.29 is 33.7 Å². The van der Waals surface area contributed by atoms with Crippen molar-refractivity contribution in [3.8, 4) is 0 Å². The average Bonchev–Trinajstić information content (AvgIpc) is 2.48. The Kier molecular flexibility index (Phi) is 18.7. The first-order valence-electron chi connectivity index (χ1n) is 7.12. The molecule has 7 nitrogen and oxygen atoms in total. The first-order valence-corrected chi connectivity index (χ1v) is 7.12. The molecule has 0 aliphatic heterocycles. The Balaban J connectivity index is -0.000000285. The molecule has 0 atom stereocenters. The van der Waals surface area contributed by atoms with Crippen LogP contribution in [0.1, 0.15) is 34.6 Å². The van der Waals surface area contributed by atoms with Gasteiger partial charge in [0.1, 0.15) is 0 Å². The van der Waals surface area contributed by atoms with Crippen molar-refractivity contribution in [1.29, 1.82) is 0 Å². The van der Waals surface area contributed by atoms with Crippen molar-refractivity contribution in [3.05, 3.63) is 36.5 Å². The summed E-state index contributed by atoms with van der Waals surface area (Å²) in [6.07, 6.45) is 0. The molecule has 0 aliphatic rings. The Bertz CT molecular complexity index is 438. The number of esters is 2. The molecule has 0 fully saturated rings. The van der Waals surface area contributed by atoms with Gasteiger partial charge in [-0.15, -0.1) is 0 Å². The molecule has 0 unspecified atom stereocenters. The van der Waals surface area contributed by atoms with Gasteiger partial charge in [-0.1, -0.05) is 19.7 Å². The molecule has 0 aromatic carbocycles. The fourth-order valence-corrected chi connectivity index (χ4v) is 0.556. The van der Waals surface area contributed by atoms with Crippen molar-refractivity contribution in [1.82, 2.24) is 0 Å². The first kappa shape index (κ1) is 26.5. The highest BCUT2D eigenvalue weighted by Crippen LogP contribution is 1.91. The molecule has 0 saturated carbocycles. The number of carboxylic acids is 1. The predicted octanol–water partition coefficient (Wildman–Crippen LogP) is 2.87. The van der Waals surface area contributed by atoms with Gasteiger partial charge in [0.2, 0.25) is 0 Å². The maximum atomic E-state index is 10.6. The minimum atomic E-state index is -0.935. The number of ether oxygens (including phenoxy) is 3. The molecule has 0 radical (unpaired) electrons. The fraction of sp³-hybridized carbons (Fsp3) is 0.471. The summed E-state index contributed by atoms with van der Waals surface area (Å²) in [7, 11) is 0. The van der Waals surface area contributed by atoms with Crippen LogP contribution in [0.15, 0.2) is 36.5 Å². The van der Waals surface area contributed by atoms with Gasteiger partial charge in [-0.25, -0.2) is 14.4 Å². The van der Waals surface area contributed by atoms with Gasteiger partial charge in [0.15, 0.2) is 6.79 Å². The minimum Gasteiger partial charge on any atom is -0.478 e. The van der Waals surface area contributed by atoms with Gasteiger partial charge in [0.05, 0.1) is 6.61 Å². The minimum absolute atomic E-state index is 0.0161. The molecule has 0 aromatic heterocycles. The fourth-order valence-electron chi connectivity index (χ4n) is 0.556. The van der Waals surface area contributed by atoms with Crippen molar-refractivity contribution in [2.45, 2.75) is 34.6 Å². The first-order chi connectivity index (χ1) is 11.0. The van der Waals surface area contributed by atoms with Gasteiger partial charge >= 0.3 is 17.9 Å². The van der Waals surface area contributed by atoms with Gasteiger partial charge < -0.3 is 19.3 Å². The number of rotatable bonds is 7. The summed E-state index contributed by atoms with van der Waals surface area (Å²) in [6.45, 7) is 19.2. The molecular formula is C17H28O7. The molecule has 0 amide bonds. The molecule has 0 heterocycles. The summed E-state index contributed by atoms with van der Waals surface area (Å²) in [5.74, 6) is -1.66. The molecule has 0 aliphatic carbocycles. The van der Waals surface area contributed by atoms with Crippen molar-refractivity contribution in [2.24, 2.45) is 0 Å². The van der Waals surface area contributed by atoms with E-state index < -0.39 is 11.9 Å². The molecule has 0 saturated heterocycles. The van der Waals surface area contributed by atoms with Crippen molar-refractivity contribution in [3.63, 3.8) is 0 Å². The Morgan fingerprint density at radius 1 is 0.792 bits per heavy atom. The second-order valence-corrected chi connectivity index (χ2v) is 4.41. The van der Waals surface area contributed by atoms with Crippen LogP contribution in [-0.4, -0.2) is 43.0 Å². The van der Waals surface area contributed by atoms with E-state index in [1.807, 2.05) is 6.92 Å². The summed E-state index contributed by atoms with van der Waals surface area (Å²) in [5, 5.41) is 7.89. The van der Waals surface area contributed by atoms with Crippen LogP contribution in [0.2, 0.25) is 0 Å². The number of carbonyl (C=O) groups excluding carboxylic acids is 2. The van der Waals surface area contributed by atoms with Gasteiger partial charge in [-0.3, -0.25) is 0 Å². The molecule has 0 rings (SSSR count). The maximum Gasteiger partial charge on any atom is 0.335 e. The average molecular weight is 344 g/mol. The summed E-state index contributed by atoms with van der Waals surface area (Å²) in [4.78, 5) is 30.6. The number of aliphatic carboxylic acids is 1. The number of carbonyl (C=O) groups is 3. The van der Waals surface area contributed by atoms with Crippen molar-refractivity contribution >= 4 is 17.9 Å². The normalized spacial score (nSPS) is 8.38. The van der Waals surface area contributed by atoms with Crippen LogP contribution in [-0.2, 0) is 28.6 Å². The summed E-state index contributed by atoms with van der Waals surface area (Å²) >= 11 is 0. The lowest BCUT2D eigenvalue weighted by Gasteiger charge is -2.02. The lowest BCUT2D eigenvalue weighted by Crippen LogP contribution is -2.08. The predicted molar refractivity (Wildman–Crippen MR) is 91.3 cm³/mol. The number of hydrogen-bond donors (Lipinski definition) is 1. The smallest absolute Gasteiger partial charge is 0.335 e. The molecule has 0 aromatic rings. The van der Waals surface area contributed by atoms with E-state index >= 15 is 0 Å². The van der Waals surface area contributed by atoms with Crippen LogP contribution < -0.4 is 0 Å². The Hall–Kier alpha value is -2.41. The maximum absolute atomic E-state index is 10.6. The molecule has 1 N–H and O–H groups in total. The van der Waals surface area contributed by atoms with E-state index in [1.54, 1.807) is 20.8 Å². The zero-order valence-corrected chi connectivity index (χ0v) is 15.1. The molecule has 0 bridgehead atoms.